The minimum absolute atomic E-state index is 0.0894. The number of aromatic nitrogens is 2. The molecule has 5 unspecified atom stereocenters. The van der Waals surface area contributed by atoms with Crippen molar-refractivity contribution in [2.45, 2.75) is 43.4 Å². The Bertz CT molecular complexity index is 757. The van der Waals surface area contributed by atoms with Crippen molar-refractivity contribution in [3.8, 4) is 0 Å². The number of aliphatic carboxylic acids is 1. The van der Waals surface area contributed by atoms with E-state index in [1.807, 2.05) is 0 Å². The van der Waals surface area contributed by atoms with Crippen LogP contribution in [0.2, 0.25) is 0 Å². The van der Waals surface area contributed by atoms with Crippen LogP contribution < -0.4 is 17.0 Å². The van der Waals surface area contributed by atoms with Gasteiger partial charge in [-0.3, -0.25) is 14.2 Å². The molecule has 1 aromatic heterocycles. The maximum absolute atomic E-state index is 12.6. The van der Waals surface area contributed by atoms with Gasteiger partial charge in [-0.1, -0.05) is 0 Å². The summed E-state index contributed by atoms with van der Waals surface area (Å²) in [6.07, 6.45) is -4.11. The Morgan fingerprint density at radius 2 is 2.00 bits per heavy atom. The van der Waals surface area contributed by atoms with E-state index in [-0.39, 0.29) is 18.5 Å². The molecular weight excluding hydrogens is 338 g/mol. The summed E-state index contributed by atoms with van der Waals surface area (Å²) in [5, 5.41) is 37.8. The highest BCUT2D eigenvalue weighted by Gasteiger charge is 2.44. The van der Waals surface area contributed by atoms with Gasteiger partial charge in [0.05, 0.1) is 12.2 Å². The molecule has 1 aliphatic rings. The Labute approximate surface area is 141 Å². The summed E-state index contributed by atoms with van der Waals surface area (Å²) < 4.78 is 7.20. The SMILES string of the molecule is Cn1cc(C2OC(CO)C(O)C2O)c(=O)n(CCC(N)C(=O)O)c1=O. The third-order valence-corrected chi connectivity index (χ3v) is 4.19. The van der Waals surface area contributed by atoms with Crippen LogP contribution in [0.5, 0.6) is 0 Å². The third-order valence-electron chi connectivity index (χ3n) is 4.19. The number of aliphatic hydroxyl groups excluding tert-OH is 3. The molecule has 140 valence electrons. The average molecular weight is 359 g/mol. The number of hydrogen-bond donors (Lipinski definition) is 5. The molecule has 1 fully saturated rings. The maximum Gasteiger partial charge on any atom is 0.330 e. The predicted molar refractivity (Wildman–Crippen MR) is 82.9 cm³/mol. The number of nitrogens with zero attached hydrogens (tertiary/aromatic N) is 2. The van der Waals surface area contributed by atoms with Crippen molar-refractivity contribution < 1.29 is 30.0 Å². The summed E-state index contributed by atoms with van der Waals surface area (Å²) in [7, 11) is 1.38. The van der Waals surface area contributed by atoms with Gasteiger partial charge in [-0.05, 0) is 6.42 Å². The highest BCUT2D eigenvalue weighted by molar-refractivity contribution is 5.72. The van der Waals surface area contributed by atoms with E-state index in [0.717, 1.165) is 9.13 Å². The van der Waals surface area contributed by atoms with Crippen LogP contribution >= 0.6 is 0 Å². The molecule has 1 aromatic rings. The number of hydrogen-bond acceptors (Lipinski definition) is 8. The van der Waals surface area contributed by atoms with Gasteiger partial charge in [-0.25, -0.2) is 4.79 Å². The molecule has 1 aliphatic heterocycles. The van der Waals surface area contributed by atoms with Gasteiger partial charge in [-0.2, -0.15) is 0 Å². The summed E-state index contributed by atoms with van der Waals surface area (Å²) in [5.41, 5.74) is 3.84. The predicted octanol–water partition coefficient (Wildman–Crippen LogP) is -3.50. The van der Waals surface area contributed by atoms with E-state index in [1.54, 1.807) is 0 Å². The molecule has 2 rings (SSSR count). The lowest BCUT2D eigenvalue weighted by atomic mass is 10.0. The molecule has 6 N–H and O–H groups in total. The second-order valence-corrected chi connectivity index (χ2v) is 5.93. The molecule has 5 atom stereocenters. The van der Waals surface area contributed by atoms with Gasteiger partial charge in [0.25, 0.3) is 5.56 Å². The van der Waals surface area contributed by atoms with Crippen molar-refractivity contribution in [3.63, 3.8) is 0 Å². The van der Waals surface area contributed by atoms with Crippen LogP contribution in [0.15, 0.2) is 15.8 Å². The number of aryl methyl sites for hydroxylation is 1. The van der Waals surface area contributed by atoms with Crippen LogP contribution in [0, 0.1) is 0 Å². The Balaban J connectivity index is 2.40. The van der Waals surface area contributed by atoms with Crippen LogP contribution in [0.4, 0.5) is 0 Å². The molecule has 11 heteroatoms. The normalized spacial score (nSPS) is 27.4. The first kappa shape index (κ1) is 19.3. The first-order valence-corrected chi connectivity index (χ1v) is 7.60. The standard InChI is InChI=1S/C14H21N3O8/c1-16-4-6(11-10(20)9(19)8(5-18)25-11)12(21)17(14(16)24)3-2-7(15)13(22)23/h4,7-11,18-20H,2-3,5,15H2,1H3,(H,22,23). The zero-order valence-corrected chi connectivity index (χ0v) is 13.5. The largest absolute Gasteiger partial charge is 0.480 e. The van der Waals surface area contributed by atoms with E-state index in [1.165, 1.54) is 13.2 Å². The van der Waals surface area contributed by atoms with E-state index in [0.29, 0.717) is 0 Å². The van der Waals surface area contributed by atoms with Gasteiger partial charge in [-0.15, -0.1) is 0 Å². The zero-order chi connectivity index (χ0) is 18.9. The van der Waals surface area contributed by atoms with Gasteiger partial charge in [0.2, 0.25) is 0 Å². The van der Waals surface area contributed by atoms with Crippen LogP contribution in [0.3, 0.4) is 0 Å². The second-order valence-electron chi connectivity index (χ2n) is 5.93. The van der Waals surface area contributed by atoms with Gasteiger partial charge in [0.15, 0.2) is 0 Å². The molecule has 0 radical (unpaired) electrons. The third kappa shape index (κ3) is 3.65. The van der Waals surface area contributed by atoms with Crippen molar-refractivity contribution in [1.82, 2.24) is 9.13 Å². The fourth-order valence-corrected chi connectivity index (χ4v) is 2.69. The topological polar surface area (TPSA) is 177 Å². The molecule has 1 saturated heterocycles. The van der Waals surface area contributed by atoms with Gasteiger partial charge in [0.1, 0.15) is 30.5 Å². The summed E-state index contributed by atoms with van der Waals surface area (Å²) in [5.74, 6) is -1.26. The second kappa shape index (κ2) is 7.45. The molecule has 25 heavy (non-hydrogen) atoms. The summed E-state index contributed by atoms with van der Waals surface area (Å²) >= 11 is 0. The van der Waals surface area contributed by atoms with Crippen LogP contribution in [0.1, 0.15) is 18.1 Å². The van der Waals surface area contributed by atoms with Crippen molar-refractivity contribution in [3.05, 3.63) is 32.6 Å². The van der Waals surface area contributed by atoms with Crippen molar-refractivity contribution >= 4 is 5.97 Å². The summed E-state index contributed by atoms with van der Waals surface area (Å²) in [4.78, 5) is 35.5. The number of rotatable bonds is 6. The van der Waals surface area contributed by atoms with Gasteiger partial charge in [0, 0.05) is 19.8 Å². The smallest absolute Gasteiger partial charge is 0.330 e. The molecule has 11 nitrogen and oxygen atoms in total. The minimum atomic E-state index is -1.46. The average Bonchev–Trinajstić information content (AvgIpc) is 2.85. The van der Waals surface area contributed by atoms with E-state index >= 15 is 0 Å². The number of carbonyl (C=O) groups is 1. The van der Waals surface area contributed by atoms with E-state index in [2.05, 4.69) is 0 Å². The quantitative estimate of drug-likeness (QED) is 0.345. The number of aliphatic hydroxyl groups is 3. The number of nitrogens with two attached hydrogens (primary N) is 1. The molecule has 0 spiro atoms. The Morgan fingerprint density at radius 3 is 2.52 bits per heavy atom. The fraction of sp³-hybridized carbons (Fsp3) is 0.643. The van der Waals surface area contributed by atoms with Crippen LogP contribution in [-0.2, 0) is 23.1 Å². The first-order chi connectivity index (χ1) is 11.7. The molecule has 0 aliphatic carbocycles. The van der Waals surface area contributed by atoms with E-state index < -0.39 is 54.3 Å². The summed E-state index contributed by atoms with van der Waals surface area (Å²) in [6, 6.07) is -1.24. The maximum atomic E-state index is 12.6. The highest BCUT2D eigenvalue weighted by Crippen LogP contribution is 2.31. The Kier molecular flexibility index (Phi) is 5.75. The van der Waals surface area contributed by atoms with Crippen molar-refractivity contribution in [2.24, 2.45) is 12.8 Å². The number of ether oxygens (including phenoxy) is 1. The lowest BCUT2D eigenvalue weighted by molar-refractivity contribution is -0.138. The van der Waals surface area contributed by atoms with Gasteiger partial charge >= 0.3 is 11.7 Å². The lowest BCUT2D eigenvalue weighted by Crippen LogP contribution is -2.44. The molecule has 0 bridgehead atoms. The van der Waals surface area contributed by atoms with E-state index in [9.17, 15) is 24.6 Å². The Hall–Kier alpha value is -2.05. The first-order valence-electron chi connectivity index (χ1n) is 7.60. The monoisotopic (exact) mass is 359 g/mol. The molecule has 2 heterocycles. The van der Waals surface area contributed by atoms with Crippen LogP contribution in [-0.4, -0.2) is 66.5 Å². The van der Waals surface area contributed by atoms with Gasteiger partial charge < -0.3 is 35.5 Å². The molecule has 0 amide bonds. The highest BCUT2D eigenvalue weighted by atomic mass is 16.6. The molecule has 0 aromatic carbocycles. The van der Waals surface area contributed by atoms with Crippen LogP contribution in [0.25, 0.3) is 0 Å². The number of carboxylic acids is 1. The minimum Gasteiger partial charge on any atom is -0.480 e. The molecular formula is C14H21N3O8. The molecule has 0 saturated carbocycles. The van der Waals surface area contributed by atoms with Crippen molar-refractivity contribution in [2.75, 3.05) is 6.61 Å². The van der Waals surface area contributed by atoms with E-state index in [4.69, 9.17) is 20.7 Å². The number of carboxylic acid groups (broad SMARTS) is 1. The summed E-state index contributed by atoms with van der Waals surface area (Å²) in [6.45, 7) is -0.788. The lowest BCUT2D eigenvalue weighted by Gasteiger charge is -2.17. The Morgan fingerprint density at radius 1 is 1.36 bits per heavy atom. The fourth-order valence-electron chi connectivity index (χ4n) is 2.69. The van der Waals surface area contributed by atoms with Crippen molar-refractivity contribution in [1.29, 1.82) is 0 Å². The zero-order valence-electron chi connectivity index (χ0n) is 13.5.